The number of halogens is 4. The summed E-state index contributed by atoms with van der Waals surface area (Å²) in [4.78, 5) is 19.6. The Bertz CT molecular complexity index is 1450. The monoisotopic (exact) mass is 469 g/mol. The molecule has 2 aliphatic heterocycles. The molecule has 6 nitrogen and oxygen atoms in total. The minimum Gasteiger partial charge on any atom is -0.325 e. The average molecular weight is 469 g/mol. The summed E-state index contributed by atoms with van der Waals surface area (Å²) < 4.78 is 58.2. The lowest BCUT2D eigenvalue weighted by Crippen LogP contribution is -2.50. The van der Waals surface area contributed by atoms with Gasteiger partial charge in [-0.25, -0.2) is 22.5 Å². The number of amides is 1. The number of piperidine rings is 1. The molecule has 0 saturated carbocycles. The number of rotatable bonds is 2. The topological polar surface area (TPSA) is 55.4 Å². The molecule has 1 saturated heterocycles. The van der Waals surface area contributed by atoms with E-state index in [9.17, 15) is 22.4 Å². The van der Waals surface area contributed by atoms with Gasteiger partial charge in [0.25, 0.3) is 5.91 Å². The molecule has 1 fully saturated rings. The molecule has 1 aromatic carbocycles. The van der Waals surface area contributed by atoms with Crippen LogP contribution >= 0.6 is 0 Å². The first-order chi connectivity index (χ1) is 16.3. The van der Waals surface area contributed by atoms with E-state index in [1.165, 1.54) is 29.2 Å². The van der Waals surface area contributed by atoms with Crippen molar-refractivity contribution in [2.24, 2.45) is 7.05 Å². The van der Waals surface area contributed by atoms with Crippen molar-refractivity contribution < 1.29 is 22.4 Å². The number of imidazole rings is 1. The number of benzene rings is 1. The Morgan fingerprint density at radius 1 is 1.09 bits per heavy atom. The molecule has 2 bridgehead atoms. The fourth-order valence-corrected chi connectivity index (χ4v) is 5.45. The fraction of sp³-hybridized carbons (Fsp3) is 0.292. The molecular weight excluding hydrogens is 450 g/mol. The maximum atomic E-state index is 14.0. The van der Waals surface area contributed by atoms with E-state index in [1.807, 2.05) is 0 Å². The van der Waals surface area contributed by atoms with Gasteiger partial charge in [-0.3, -0.25) is 13.9 Å². The molecule has 1 amide bonds. The third-order valence-corrected chi connectivity index (χ3v) is 6.86. The van der Waals surface area contributed by atoms with Crippen molar-refractivity contribution in [2.75, 3.05) is 0 Å². The molecule has 6 rings (SSSR count). The second-order valence-corrected chi connectivity index (χ2v) is 8.82. The molecule has 3 aromatic heterocycles. The van der Waals surface area contributed by atoms with Gasteiger partial charge in [0.05, 0.1) is 23.6 Å². The summed E-state index contributed by atoms with van der Waals surface area (Å²) in [6, 6.07) is 4.00. The first kappa shape index (κ1) is 20.9. The van der Waals surface area contributed by atoms with E-state index in [4.69, 9.17) is 0 Å². The highest BCUT2D eigenvalue weighted by molar-refractivity contribution is 5.94. The van der Waals surface area contributed by atoms with Crippen molar-refractivity contribution in [3.8, 4) is 11.3 Å². The van der Waals surface area contributed by atoms with Crippen LogP contribution in [0, 0.1) is 23.3 Å². The van der Waals surface area contributed by atoms with Crippen LogP contribution in [0.25, 0.3) is 16.9 Å². The van der Waals surface area contributed by atoms with Gasteiger partial charge in [-0.2, -0.15) is 5.10 Å². The molecule has 34 heavy (non-hydrogen) atoms. The molecule has 5 heterocycles. The largest absolute Gasteiger partial charge is 0.325 e. The number of hydrogen-bond donors (Lipinski definition) is 0. The van der Waals surface area contributed by atoms with Crippen LogP contribution in [-0.2, 0) is 13.5 Å². The molecule has 2 aliphatic rings. The van der Waals surface area contributed by atoms with Gasteiger partial charge < -0.3 is 4.90 Å². The molecule has 0 spiro atoms. The summed E-state index contributed by atoms with van der Waals surface area (Å²) >= 11 is 0. The molecule has 10 heteroatoms. The first-order valence-corrected chi connectivity index (χ1v) is 11.0. The second kappa shape index (κ2) is 7.41. The SMILES string of the molecule is Cn1nc2c(c1-c1cc(F)c(F)c(F)c1)CC1CCCC2N1C(=O)c1cnc2cc(F)ccn12. The third kappa shape index (κ3) is 2.97. The average Bonchev–Trinajstić information content (AvgIpc) is 3.36. The lowest BCUT2D eigenvalue weighted by Gasteiger charge is -2.45. The maximum absolute atomic E-state index is 14.0. The van der Waals surface area contributed by atoms with Crippen LogP contribution < -0.4 is 0 Å². The predicted molar refractivity (Wildman–Crippen MR) is 114 cm³/mol. The summed E-state index contributed by atoms with van der Waals surface area (Å²) in [6.45, 7) is 0. The lowest BCUT2D eigenvalue weighted by atomic mass is 9.81. The number of aryl methyl sites for hydroxylation is 1. The molecule has 0 radical (unpaired) electrons. The van der Waals surface area contributed by atoms with Crippen LogP contribution in [-0.4, -0.2) is 36.0 Å². The van der Waals surface area contributed by atoms with E-state index >= 15 is 0 Å². The fourth-order valence-electron chi connectivity index (χ4n) is 5.45. The summed E-state index contributed by atoms with van der Waals surface area (Å²) in [5.41, 5.74) is 2.87. The number of aromatic nitrogens is 4. The molecule has 4 aromatic rings. The summed E-state index contributed by atoms with van der Waals surface area (Å²) in [6.07, 6.45) is 5.72. The normalized spacial score (nSPS) is 19.5. The quantitative estimate of drug-likeness (QED) is 0.319. The van der Waals surface area contributed by atoms with E-state index in [2.05, 4.69) is 10.1 Å². The van der Waals surface area contributed by atoms with Crippen LogP contribution in [0.5, 0.6) is 0 Å². The molecule has 0 aliphatic carbocycles. The Labute approximate surface area is 191 Å². The van der Waals surface area contributed by atoms with E-state index in [-0.39, 0.29) is 23.6 Å². The van der Waals surface area contributed by atoms with E-state index in [1.54, 1.807) is 16.3 Å². The minimum atomic E-state index is -1.51. The lowest BCUT2D eigenvalue weighted by molar-refractivity contribution is 0.0385. The molecule has 174 valence electrons. The number of hydrogen-bond acceptors (Lipinski definition) is 3. The van der Waals surface area contributed by atoms with Crippen molar-refractivity contribution in [3.05, 3.63) is 76.9 Å². The van der Waals surface area contributed by atoms with Crippen LogP contribution in [0.15, 0.2) is 36.7 Å². The summed E-state index contributed by atoms with van der Waals surface area (Å²) in [5.74, 6) is -4.71. The van der Waals surface area contributed by atoms with Crippen molar-refractivity contribution in [1.82, 2.24) is 24.1 Å². The predicted octanol–water partition coefficient (Wildman–Crippen LogP) is 4.58. The number of pyridine rings is 1. The van der Waals surface area contributed by atoms with Gasteiger partial charge in [0.2, 0.25) is 0 Å². The smallest absolute Gasteiger partial charge is 0.273 e. The maximum Gasteiger partial charge on any atom is 0.273 e. The zero-order valence-electron chi connectivity index (χ0n) is 18.1. The van der Waals surface area contributed by atoms with Crippen molar-refractivity contribution in [3.63, 3.8) is 0 Å². The van der Waals surface area contributed by atoms with Crippen molar-refractivity contribution in [1.29, 1.82) is 0 Å². The van der Waals surface area contributed by atoms with Gasteiger partial charge in [0.1, 0.15) is 17.2 Å². The Balaban J connectivity index is 1.44. The van der Waals surface area contributed by atoms with E-state index < -0.39 is 23.3 Å². The van der Waals surface area contributed by atoms with Gasteiger partial charge in [0.15, 0.2) is 17.5 Å². The van der Waals surface area contributed by atoms with Gasteiger partial charge in [0, 0.05) is 36.5 Å². The van der Waals surface area contributed by atoms with Crippen LogP contribution in [0.2, 0.25) is 0 Å². The molecule has 0 N–H and O–H groups in total. The van der Waals surface area contributed by atoms with Crippen LogP contribution in [0.3, 0.4) is 0 Å². The summed E-state index contributed by atoms with van der Waals surface area (Å²) in [7, 11) is 1.67. The highest BCUT2D eigenvalue weighted by Crippen LogP contribution is 2.45. The highest BCUT2D eigenvalue weighted by Gasteiger charge is 2.44. The van der Waals surface area contributed by atoms with Gasteiger partial charge in [-0.05, 0) is 43.9 Å². The van der Waals surface area contributed by atoms with Crippen LogP contribution in [0.4, 0.5) is 17.6 Å². The third-order valence-electron chi connectivity index (χ3n) is 6.86. The Hall–Kier alpha value is -3.69. The van der Waals surface area contributed by atoms with Crippen LogP contribution in [0.1, 0.15) is 47.1 Å². The van der Waals surface area contributed by atoms with Crippen molar-refractivity contribution in [2.45, 2.75) is 37.8 Å². The Morgan fingerprint density at radius 3 is 2.62 bits per heavy atom. The number of fused-ring (bicyclic) bond motifs is 5. The highest BCUT2D eigenvalue weighted by atomic mass is 19.2. The number of carbonyl (C=O) groups excluding carboxylic acids is 1. The van der Waals surface area contributed by atoms with E-state index in [0.717, 1.165) is 30.5 Å². The number of carbonyl (C=O) groups is 1. The molecule has 2 atom stereocenters. The molecular formula is C24H19F4N5O. The van der Waals surface area contributed by atoms with Gasteiger partial charge in [-0.15, -0.1) is 0 Å². The van der Waals surface area contributed by atoms with Gasteiger partial charge in [-0.1, -0.05) is 0 Å². The minimum absolute atomic E-state index is 0.150. The first-order valence-electron chi connectivity index (χ1n) is 11.0. The summed E-state index contributed by atoms with van der Waals surface area (Å²) in [5, 5.41) is 4.63. The standard InChI is InChI=1S/C24H19F4N5O/c1-31-23(12-7-16(26)21(28)17(27)8-12)15-10-14-3-2-4-18(22(15)30-31)33(14)24(34)19-11-29-20-9-13(25)5-6-32(19)20/h5-9,11,14,18H,2-4,10H2,1H3. The second-order valence-electron chi connectivity index (χ2n) is 8.82. The Morgan fingerprint density at radius 2 is 1.85 bits per heavy atom. The van der Waals surface area contributed by atoms with Gasteiger partial charge >= 0.3 is 0 Å². The van der Waals surface area contributed by atoms with Crippen molar-refractivity contribution >= 4 is 11.6 Å². The zero-order chi connectivity index (χ0) is 23.7. The number of nitrogens with zero attached hydrogens (tertiary/aromatic N) is 5. The Kier molecular flexibility index (Phi) is 4.55. The zero-order valence-corrected chi connectivity index (χ0v) is 18.1. The van der Waals surface area contributed by atoms with E-state index in [0.29, 0.717) is 35.6 Å². The molecule has 2 unspecified atom stereocenters.